The number of carboxylic acid groups (broad SMARTS) is 1. The van der Waals surface area contributed by atoms with Crippen LogP contribution in [0, 0.1) is 0 Å². The molecule has 2 fully saturated rings. The van der Waals surface area contributed by atoms with Crippen molar-refractivity contribution in [3.05, 3.63) is 131 Å². The van der Waals surface area contributed by atoms with E-state index in [0.29, 0.717) is 25.8 Å². The van der Waals surface area contributed by atoms with Crippen LogP contribution in [0.3, 0.4) is 0 Å². The minimum Gasteiger partial charge on any atom is -0.481 e. The molecule has 0 bridgehead atoms. The van der Waals surface area contributed by atoms with Crippen LogP contribution in [0.2, 0.25) is 0 Å². The largest absolute Gasteiger partial charge is 0.481 e. The van der Waals surface area contributed by atoms with Gasteiger partial charge >= 0.3 is 5.97 Å². The fraction of sp³-hybridized carbons (Fsp3) is 0.395. The van der Waals surface area contributed by atoms with Gasteiger partial charge in [0.1, 0.15) is 0 Å². The highest BCUT2D eigenvalue weighted by Gasteiger charge is 2.34. The lowest BCUT2D eigenvalue weighted by atomic mass is 9.98. The van der Waals surface area contributed by atoms with E-state index >= 15 is 0 Å². The number of aliphatic carboxylic acids is 1. The van der Waals surface area contributed by atoms with Gasteiger partial charge in [-0.15, -0.1) is 0 Å². The number of aliphatic hydroxyl groups excluding tert-OH is 1. The molecule has 2 saturated heterocycles. The predicted octanol–water partition coefficient (Wildman–Crippen LogP) is 6.86. The SMILES string of the molecule is O=C(O)CCCCCC(=O)NCc1cccc(-c2ccc([C@H]3O[C@@H](CN4CCN(Cc5ccccc5)CC4)C[C@@H](c4ccc(CO)cc4)O3)cc2)c1. The molecule has 2 aliphatic heterocycles. The van der Waals surface area contributed by atoms with Crippen molar-refractivity contribution in [2.45, 2.75) is 76.7 Å². The zero-order valence-electron chi connectivity index (χ0n) is 29.9. The smallest absolute Gasteiger partial charge is 0.303 e. The van der Waals surface area contributed by atoms with Crippen molar-refractivity contribution in [1.29, 1.82) is 0 Å². The number of hydrogen-bond donors (Lipinski definition) is 3. The van der Waals surface area contributed by atoms with Crippen molar-refractivity contribution in [3.63, 3.8) is 0 Å². The summed E-state index contributed by atoms with van der Waals surface area (Å²) in [5.74, 6) is -0.822. The number of nitrogens with zero attached hydrogens (tertiary/aromatic N) is 2. The quantitative estimate of drug-likeness (QED) is 0.109. The molecule has 2 aliphatic rings. The second-order valence-electron chi connectivity index (χ2n) is 14.0. The van der Waals surface area contributed by atoms with Gasteiger partial charge in [-0.2, -0.15) is 0 Å². The van der Waals surface area contributed by atoms with Crippen molar-refractivity contribution in [3.8, 4) is 11.1 Å². The fourth-order valence-electron chi connectivity index (χ4n) is 7.01. The molecule has 2 heterocycles. The fourth-order valence-corrected chi connectivity index (χ4v) is 7.01. The number of carbonyl (C=O) groups is 2. The van der Waals surface area contributed by atoms with Crippen molar-refractivity contribution in [2.24, 2.45) is 0 Å². The summed E-state index contributed by atoms with van der Waals surface area (Å²) in [7, 11) is 0. The maximum atomic E-state index is 12.3. The zero-order chi connectivity index (χ0) is 36.1. The van der Waals surface area contributed by atoms with Crippen LogP contribution in [0.1, 0.15) is 78.7 Å². The van der Waals surface area contributed by atoms with Gasteiger partial charge in [0.05, 0.1) is 18.8 Å². The van der Waals surface area contributed by atoms with E-state index < -0.39 is 12.3 Å². The number of benzene rings is 4. The Kier molecular flexibility index (Phi) is 13.6. The molecule has 3 atom stereocenters. The van der Waals surface area contributed by atoms with Crippen LogP contribution in [0.4, 0.5) is 0 Å². The molecule has 4 aromatic rings. The number of nitrogens with one attached hydrogen (secondary N) is 1. The standard InChI is InChI=1S/C43H51N3O6/c47-31-33-14-16-36(17-15-33)40-27-39(30-46-24-22-45(23-25-46)29-32-8-3-1-4-9-32)51-43(52-40)37-20-18-35(19-21-37)38-11-7-10-34(26-38)28-44-41(48)12-5-2-6-13-42(49)50/h1,3-4,7-11,14-21,26,39-40,43,47H,2,5-6,12-13,22-25,27-31H2,(H,44,48)(H,49,50)/t39-,40+,43+/m1/s1. The lowest BCUT2D eigenvalue weighted by Gasteiger charge is -2.40. The maximum Gasteiger partial charge on any atom is 0.303 e. The number of amides is 1. The van der Waals surface area contributed by atoms with Crippen molar-refractivity contribution >= 4 is 11.9 Å². The van der Waals surface area contributed by atoms with E-state index in [9.17, 15) is 14.7 Å². The van der Waals surface area contributed by atoms with Gasteiger partial charge in [-0.05, 0) is 52.3 Å². The van der Waals surface area contributed by atoms with E-state index in [4.69, 9.17) is 14.6 Å². The minimum absolute atomic E-state index is 0.00162. The highest BCUT2D eigenvalue weighted by Crippen LogP contribution is 2.39. The molecule has 1 amide bonds. The van der Waals surface area contributed by atoms with Crippen LogP contribution >= 0.6 is 0 Å². The van der Waals surface area contributed by atoms with Crippen LogP contribution in [-0.2, 0) is 38.8 Å². The predicted molar refractivity (Wildman–Crippen MR) is 201 cm³/mol. The number of piperazine rings is 1. The van der Waals surface area contributed by atoms with E-state index in [-0.39, 0.29) is 31.1 Å². The Morgan fingerprint density at radius 2 is 1.38 bits per heavy atom. The second-order valence-corrected chi connectivity index (χ2v) is 14.0. The van der Waals surface area contributed by atoms with E-state index in [1.54, 1.807) is 0 Å². The number of unbranched alkanes of at least 4 members (excludes halogenated alkanes) is 2. The Morgan fingerprint density at radius 3 is 2.12 bits per heavy atom. The van der Waals surface area contributed by atoms with Crippen LogP contribution in [0.5, 0.6) is 0 Å². The monoisotopic (exact) mass is 705 g/mol. The number of carbonyl (C=O) groups excluding carboxylic acids is 1. The summed E-state index contributed by atoms with van der Waals surface area (Å²) in [4.78, 5) is 28.1. The number of carboxylic acids is 1. The number of aliphatic hydroxyl groups is 1. The first-order chi connectivity index (χ1) is 25.4. The van der Waals surface area contributed by atoms with Gasteiger partial charge in [-0.1, -0.05) is 103 Å². The summed E-state index contributed by atoms with van der Waals surface area (Å²) in [6.07, 6.45) is 2.66. The summed E-state index contributed by atoms with van der Waals surface area (Å²) >= 11 is 0. The molecule has 274 valence electrons. The number of hydrogen-bond acceptors (Lipinski definition) is 7. The Bertz CT molecular complexity index is 1710. The first-order valence-electron chi connectivity index (χ1n) is 18.6. The van der Waals surface area contributed by atoms with Crippen LogP contribution < -0.4 is 5.32 Å². The van der Waals surface area contributed by atoms with Gasteiger partial charge in [0.2, 0.25) is 5.91 Å². The first kappa shape index (κ1) is 37.4. The van der Waals surface area contributed by atoms with Gasteiger partial charge in [-0.3, -0.25) is 19.4 Å². The molecule has 3 N–H and O–H groups in total. The lowest BCUT2D eigenvalue weighted by Crippen LogP contribution is -2.49. The second kappa shape index (κ2) is 18.9. The minimum atomic E-state index is -0.797. The number of rotatable bonds is 16. The Hall–Kier alpha value is -4.38. The highest BCUT2D eigenvalue weighted by atomic mass is 16.7. The molecular weight excluding hydrogens is 654 g/mol. The molecule has 0 aromatic heterocycles. The van der Waals surface area contributed by atoms with Gasteiger partial charge in [0.25, 0.3) is 0 Å². The Labute approximate surface area is 307 Å². The van der Waals surface area contributed by atoms with Gasteiger partial charge in [-0.25, -0.2) is 0 Å². The molecule has 52 heavy (non-hydrogen) atoms. The molecule has 0 aliphatic carbocycles. The van der Waals surface area contributed by atoms with E-state index in [0.717, 1.165) is 85.5 Å². The summed E-state index contributed by atoms with van der Waals surface area (Å²) < 4.78 is 13.3. The van der Waals surface area contributed by atoms with Crippen LogP contribution in [-0.4, -0.2) is 70.7 Å². The molecule has 9 nitrogen and oxygen atoms in total. The van der Waals surface area contributed by atoms with Crippen molar-refractivity contribution in [2.75, 3.05) is 32.7 Å². The molecule has 6 rings (SSSR count). The lowest BCUT2D eigenvalue weighted by molar-refractivity contribution is -0.253. The third-order valence-corrected chi connectivity index (χ3v) is 10.0. The maximum absolute atomic E-state index is 12.3. The van der Waals surface area contributed by atoms with Crippen molar-refractivity contribution in [1.82, 2.24) is 15.1 Å². The normalized spacial score (nSPS) is 19.7. The van der Waals surface area contributed by atoms with E-state index in [1.165, 1.54) is 5.56 Å². The average Bonchev–Trinajstić information content (AvgIpc) is 3.18. The Balaban J connectivity index is 1.07. The molecule has 0 unspecified atom stereocenters. The van der Waals surface area contributed by atoms with Gasteiger partial charge in [0.15, 0.2) is 6.29 Å². The molecule has 0 saturated carbocycles. The van der Waals surface area contributed by atoms with Crippen molar-refractivity contribution < 1.29 is 29.3 Å². The topological polar surface area (TPSA) is 112 Å². The number of ether oxygens (including phenoxy) is 2. The summed E-state index contributed by atoms with van der Waals surface area (Å²) in [5.41, 5.74) is 7.41. The first-order valence-corrected chi connectivity index (χ1v) is 18.6. The van der Waals surface area contributed by atoms with E-state index in [2.05, 4.69) is 94.0 Å². The summed E-state index contributed by atoms with van der Waals surface area (Å²) in [5, 5.41) is 21.4. The molecular formula is C43H51N3O6. The zero-order valence-corrected chi connectivity index (χ0v) is 29.9. The van der Waals surface area contributed by atoms with Crippen LogP contribution in [0.15, 0.2) is 103 Å². The summed E-state index contributed by atoms with van der Waals surface area (Å²) in [6.45, 7) is 6.33. The average molecular weight is 706 g/mol. The molecule has 0 radical (unpaired) electrons. The van der Waals surface area contributed by atoms with Crippen LogP contribution in [0.25, 0.3) is 11.1 Å². The third-order valence-electron chi connectivity index (χ3n) is 10.0. The molecule has 0 spiro atoms. The van der Waals surface area contributed by atoms with Gasteiger partial charge < -0.3 is 25.0 Å². The van der Waals surface area contributed by atoms with E-state index in [1.807, 2.05) is 24.3 Å². The third kappa shape index (κ3) is 11.1. The van der Waals surface area contributed by atoms with Gasteiger partial charge in [0, 0.05) is 70.6 Å². The molecule has 9 heteroatoms. The molecule has 4 aromatic carbocycles. The highest BCUT2D eigenvalue weighted by molar-refractivity contribution is 5.76. The Morgan fingerprint density at radius 1 is 0.692 bits per heavy atom. The summed E-state index contributed by atoms with van der Waals surface area (Å²) in [6, 6.07) is 35.2.